The zero-order valence-electron chi connectivity index (χ0n) is 9.28. The molecule has 2 aromatic rings. The molecule has 0 aromatic carbocycles. The maximum atomic E-state index is 12.5. The number of thiophene rings is 1. The number of H-pyrrole nitrogens is 1. The van der Waals surface area contributed by atoms with Crippen LogP contribution in [0.25, 0.3) is 10.2 Å². The quantitative estimate of drug-likeness (QED) is 0.804. The van der Waals surface area contributed by atoms with Crippen molar-refractivity contribution < 1.29 is 0 Å². The van der Waals surface area contributed by atoms with E-state index in [-0.39, 0.29) is 5.56 Å². The van der Waals surface area contributed by atoms with Gasteiger partial charge in [0.25, 0.3) is 5.56 Å². The summed E-state index contributed by atoms with van der Waals surface area (Å²) in [7, 11) is 0. The second kappa shape index (κ2) is 3.29. The van der Waals surface area contributed by atoms with Crippen molar-refractivity contribution in [3.05, 3.63) is 25.6 Å². The highest BCUT2D eigenvalue weighted by atomic mass is 32.1. The average molecular weight is 264 g/mol. The van der Waals surface area contributed by atoms with Gasteiger partial charge in [0, 0.05) is 10.9 Å². The summed E-state index contributed by atoms with van der Waals surface area (Å²) >= 11 is 7.02. The number of rotatable bonds is 1. The molecule has 5 heteroatoms. The highest BCUT2D eigenvalue weighted by Crippen LogP contribution is 2.37. The molecular formula is C12H12N2OS2. The van der Waals surface area contributed by atoms with Crippen LogP contribution in [0.3, 0.4) is 0 Å². The van der Waals surface area contributed by atoms with Gasteiger partial charge in [-0.05, 0) is 49.9 Å². The molecule has 1 fully saturated rings. The fourth-order valence-electron chi connectivity index (χ4n) is 2.75. The van der Waals surface area contributed by atoms with Crippen LogP contribution in [0.5, 0.6) is 0 Å². The third kappa shape index (κ3) is 1.32. The van der Waals surface area contributed by atoms with Crippen LogP contribution in [0.2, 0.25) is 0 Å². The van der Waals surface area contributed by atoms with Crippen molar-refractivity contribution in [3.8, 4) is 0 Å². The molecule has 1 saturated carbocycles. The second-order valence-electron chi connectivity index (χ2n) is 4.90. The van der Waals surface area contributed by atoms with Gasteiger partial charge in [-0.3, -0.25) is 9.36 Å². The standard InChI is InChI=1S/C12H12N2OS2/c15-11-9-7-2-1-3-8(7)17-10(9)13-12(16)14(11)6-4-5-6/h6H,1-5H2,(H,13,16). The minimum Gasteiger partial charge on any atom is -0.323 e. The Morgan fingerprint density at radius 2 is 2.18 bits per heavy atom. The molecule has 2 aromatic heterocycles. The smallest absolute Gasteiger partial charge is 0.263 e. The topological polar surface area (TPSA) is 37.8 Å². The van der Waals surface area contributed by atoms with Crippen molar-refractivity contribution >= 4 is 33.8 Å². The Hall–Kier alpha value is -0.940. The zero-order valence-corrected chi connectivity index (χ0v) is 10.9. The van der Waals surface area contributed by atoms with Crippen molar-refractivity contribution in [2.45, 2.75) is 38.1 Å². The summed E-state index contributed by atoms with van der Waals surface area (Å²) in [6.07, 6.45) is 5.55. The summed E-state index contributed by atoms with van der Waals surface area (Å²) in [5, 5.41) is 0.919. The Kier molecular flexibility index (Phi) is 1.94. The van der Waals surface area contributed by atoms with Crippen LogP contribution in [0, 0.1) is 4.77 Å². The normalized spacial score (nSPS) is 18.8. The maximum Gasteiger partial charge on any atom is 0.263 e. The lowest BCUT2D eigenvalue weighted by Crippen LogP contribution is -2.21. The molecule has 0 amide bonds. The lowest BCUT2D eigenvalue weighted by molar-refractivity contribution is 0.686. The number of nitrogens with zero attached hydrogens (tertiary/aromatic N) is 1. The van der Waals surface area contributed by atoms with Gasteiger partial charge >= 0.3 is 0 Å². The fourth-order valence-corrected chi connectivity index (χ4v) is 4.43. The molecule has 0 bridgehead atoms. The molecule has 2 aliphatic rings. The maximum absolute atomic E-state index is 12.5. The summed E-state index contributed by atoms with van der Waals surface area (Å²) < 4.78 is 2.40. The molecule has 0 radical (unpaired) electrons. The van der Waals surface area contributed by atoms with Crippen LogP contribution in [0.1, 0.15) is 35.7 Å². The number of aromatic nitrogens is 2. The predicted octanol–water partition coefficient (Wildman–Crippen LogP) is 2.94. The number of hydrogen-bond acceptors (Lipinski definition) is 3. The number of aromatic amines is 1. The Morgan fingerprint density at radius 3 is 2.94 bits per heavy atom. The summed E-state index contributed by atoms with van der Waals surface area (Å²) in [5.74, 6) is 0. The third-order valence-corrected chi connectivity index (χ3v) is 5.21. The van der Waals surface area contributed by atoms with Crippen LogP contribution < -0.4 is 5.56 Å². The third-order valence-electron chi connectivity index (χ3n) is 3.71. The first-order chi connectivity index (χ1) is 8.25. The lowest BCUT2D eigenvalue weighted by atomic mass is 10.2. The van der Waals surface area contributed by atoms with Crippen LogP contribution in [-0.2, 0) is 12.8 Å². The van der Waals surface area contributed by atoms with E-state index in [2.05, 4.69) is 4.98 Å². The number of hydrogen-bond donors (Lipinski definition) is 1. The van der Waals surface area contributed by atoms with Crippen molar-refractivity contribution in [1.29, 1.82) is 0 Å². The Bertz CT molecular complexity index is 733. The summed E-state index contributed by atoms with van der Waals surface area (Å²) in [6.45, 7) is 0. The van der Waals surface area contributed by atoms with Crippen molar-refractivity contribution in [3.63, 3.8) is 0 Å². The molecule has 17 heavy (non-hydrogen) atoms. The molecular weight excluding hydrogens is 252 g/mol. The van der Waals surface area contributed by atoms with Gasteiger partial charge in [0.15, 0.2) is 4.77 Å². The van der Waals surface area contributed by atoms with E-state index in [0.717, 1.165) is 35.9 Å². The lowest BCUT2D eigenvalue weighted by Gasteiger charge is -2.04. The number of nitrogens with one attached hydrogen (secondary N) is 1. The first kappa shape index (κ1) is 10.0. The van der Waals surface area contributed by atoms with Gasteiger partial charge in [-0.15, -0.1) is 11.3 Å². The van der Waals surface area contributed by atoms with Gasteiger partial charge in [-0.2, -0.15) is 0 Å². The molecule has 0 aliphatic heterocycles. The monoisotopic (exact) mass is 264 g/mol. The van der Waals surface area contributed by atoms with E-state index in [1.54, 1.807) is 15.9 Å². The van der Waals surface area contributed by atoms with Crippen molar-refractivity contribution in [2.24, 2.45) is 0 Å². The number of aryl methyl sites for hydroxylation is 2. The summed E-state index contributed by atoms with van der Waals surface area (Å²) in [4.78, 5) is 18.2. The van der Waals surface area contributed by atoms with Crippen LogP contribution in [-0.4, -0.2) is 9.55 Å². The molecule has 2 aliphatic carbocycles. The molecule has 88 valence electrons. The Morgan fingerprint density at radius 1 is 1.35 bits per heavy atom. The highest BCUT2D eigenvalue weighted by Gasteiger charge is 2.28. The van der Waals surface area contributed by atoms with E-state index in [1.165, 1.54) is 16.9 Å². The van der Waals surface area contributed by atoms with Gasteiger partial charge in [0.1, 0.15) is 4.83 Å². The first-order valence-corrected chi connectivity index (χ1v) is 7.27. The Labute approximate surface area is 107 Å². The van der Waals surface area contributed by atoms with E-state index in [4.69, 9.17) is 12.2 Å². The van der Waals surface area contributed by atoms with E-state index in [1.807, 2.05) is 0 Å². The molecule has 3 nitrogen and oxygen atoms in total. The minimum absolute atomic E-state index is 0.144. The molecule has 0 atom stereocenters. The van der Waals surface area contributed by atoms with E-state index < -0.39 is 0 Å². The molecule has 0 unspecified atom stereocenters. The molecule has 4 rings (SSSR count). The Balaban J connectivity index is 2.16. The SMILES string of the molecule is O=c1c2c3c(sc2[nH]c(=S)n1C1CC1)CCC3. The fraction of sp³-hybridized carbons (Fsp3) is 0.500. The summed E-state index contributed by atoms with van der Waals surface area (Å²) in [6, 6.07) is 0.354. The van der Waals surface area contributed by atoms with Gasteiger partial charge in [-0.1, -0.05) is 0 Å². The van der Waals surface area contributed by atoms with Crippen molar-refractivity contribution in [2.75, 3.05) is 0 Å². The van der Waals surface area contributed by atoms with Gasteiger partial charge in [-0.25, -0.2) is 0 Å². The van der Waals surface area contributed by atoms with E-state index >= 15 is 0 Å². The van der Waals surface area contributed by atoms with Gasteiger partial charge in [0.05, 0.1) is 5.39 Å². The van der Waals surface area contributed by atoms with Gasteiger partial charge in [0.2, 0.25) is 0 Å². The molecule has 1 N–H and O–H groups in total. The largest absolute Gasteiger partial charge is 0.323 e. The second-order valence-corrected chi connectivity index (χ2v) is 6.39. The van der Waals surface area contributed by atoms with E-state index in [0.29, 0.717) is 10.8 Å². The molecule has 2 heterocycles. The van der Waals surface area contributed by atoms with E-state index in [9.17, 15) is 4.79 Å². The average Bonchev–Trinajstić information content (AvgIpc) is 2.88. The minimum atomic E-state index is 0.144. The molecule has 0 spiro atoms. The molecule has 0 saturated heterocycles. The van der Waals surface area contributed by atoms with Gasteiger partial charge < -0.3 is 4.98 Å². The first-order valence-electron chi connectivity index (χ1n) is 6.05. The van der Waals surface area contributed by atoms with Crippen LogP contribution in [0.15, 0.2) is 4.79 Å². The highest BCUT2D eigenvalue weighted by molar-refractivity contribution is 7.71. The van der Waals surface area contributed by atoms with Crippen molar-refractivity contribution in [1.82, 2.24) is 9.55 Å². The predicted molar refractivity (Wildman–Crippen MR) is 71.6 cm³/mol. The zero-order chi connectivity index (χ0) is 11.6. The number of fused-ring (bicyclic) bond motifs is 3. The van der Waals surface area contributed by atoms with Crippen LogP contribution >= 0.6 is 23.6 Å². The van der Waals surface area contributed by atoms with Crippen LogP contribution in [0.4, 0.5) is 0 Å². The summed E-state index contributed by atoms with van der Waals surface area (Å²) in [5.41, 5.74) is 1.43.